The zero-order chi connectivity index (χ0) is 12.1. The van der Waals surface area contributed by atoms with Crippen molar-refractivity contribution >= 4 is 0 Å². The first-order valence-corrected chi connectivity index (χ1v) is 6.32. The largest absolute Gasteiger partial charge is 0.508 e. The summed E-state index contributed by atoms with van der Waals surface area (Å²) in [4.78, 5) is 0. The second-order valence-corrected chi connectivity index (χ2v) is 5.14. The van der Waals surface area contributed by atoms with Crippen LogP contribution in [-0.4, -0.2) is 5.11 Å². The van der Waals surface area contributed by atoms with Gasteiger partial charge in [0.15, 0.2) is 0 Å². The van der Waals surface area contributed by atoms with Crippen LogP contribution in [0, 0.1) is 17.8 Å². The predicted octanol–water partition coefficient (Wildman–Crippen LogP) is 4.25. The Morgan fingerprint density at radius 2 is 1.62 bits per heavy atom. The van der Waals surface area contributed by atoms with Crippen molar-refractivity contribution in [1.82, 2.24) is 0 Å². The summed E-state index contributed by atoms with van der Waals surface area (Å²) < 4.78 is 0. The third kappa shape index (κ3) is 3.55. The molecule has 0 saturated carbocycles. The molecule has 0 bridgehead atoms. The highest BCUT2D eigenvalue weighted by molar-refractivity contribution is 5.26. The molecule has 1 nitrogen and oxygen atoms in total. The van der Waals surface area contributed by atoms with E-state index in [1.807, 2.05) is 12.1 Å². The molecule has 0 aliphatic heterocycles. The molecule has 1 aromatic rings. The van der Waals surface area contributed by atoms with Crippen molar-refractivity contribution in [1.29, 1.82) is 0 Å². The fourth-order valence-corrected chi connectivity index (χ4v) is 2.18. The van der Waals surface area contributed by atoms with Gasteiger partial charge in [-0.1, -0.05) is 46.2 Å². The van der Waals surface area contributed by atoms with Crippen LogP contribution in [-0.2, 0) is 6.42 Å². The van der Waals surface area contributed by atoms with E-state index in [4.69, 9.17) is 0 Å². The highest BCUT2D eigenvalue weighted by Gasteiger charge is 2.18. The van der Waals surface area contributed by atoms with Crippen molar-refractivity contribution in [3.8, 4) is 5.75 Å². The van der Waals surface area contributed by atoms with E-state index in [1.54, 1.807) is 12.1 Å². The van der Waals surface area contributed by atoms with Gasteiger partial charge in [-0.15, -0.1) is 0 Å². The van der Waals surface area contributed by atoms with Crippen LogP contribution < -0.4 is 0 Å². The minimum atomic E-state index is 0.355. The summed E-state index contributed by atoms with van der Waals surface area (Å²) in [6.07, 6.45) is 2.34. The summed E-state index contributed by atoms with van der Waals surface area (Å²) in [5.74, 6) is 2.58. The van der Waals surface area contributed by atoms with E-state index in [9.17, 15) is 5.11 Å². The van der Waals surface area contributed by atoms with Gasteiger partial charge in [0.05, 0.1) is 0 Å². The van der Waals surface area contributed by atoms with Crippen LogP contribution in [0.15, 0.2) is 24.3 Å². The average molecular weight is 220 g/mol. The highest BCUT2D eigenvalue weighted by atomic mass is 16.3. The van der Waals surface area contributed by atoms with E-state index in [0.29, 0.717) is 5.75 Å². The van der Waals surface area contributed by atoms with Crippen molar-refractivity contribution in [2.24, 2.45) is 17.8 Å². The Morgan fingerprint density at radius 3 is 2.06 bits per heavy atom. The molecular weight excluding hydrogens is 196 g/mol. The smallest absolute Gasteiger partial charge is 0.115 e. The maximum atomic E-state index is 9.25. The van der Waals surface area contributed by atoms with Gasteiger partial charge in [-0.25, -0.2) is 0 Å². The molecule has 2 unspecified atom stereocenters. The molecular formula is C15H24O. The zero-order valence-electron chi connectivity index (χ0n) is 10.9. The summed E-state index contributed by atoms with van der Waals surface area (Å²) in [5, 5.41) is 9.25. The van der Waals surface area contributed by atoms with E-state index in [-0.39, 0.29) is 0 Å². The number of aromatic hydroxyl groups is 1. The van der Waals surface area contributed by atoms with Crippen LogP contribution >= 0.6 is 0 Å². The van der Waals surface area contributed by atoms with E-state index >= 15 is 0 Å². The number of rotatable bonds is 5. The topological polar surface area (TPSA) is 20.2 Å². The summed E-state index contributed by atoms with van der Waals surface area (Å²) in [5.41, 5.74) is 1.33. The molecule has 1 heteroatoms. The van der Waals surface area contributed by atoms with Crippen LogP contribution in [0.4, 0.5) is 0 Å². The molecule has 1 aromatic carbocycles. The minimum Gasteiger partial charge on any atom is -0.508 e. The van der Waals surface area contributed by atoms with E-state index in [0.717, 1.165) is 24.2 Å². The second kappa shape index (κ2) is 5.93. The van der Waals surface area contributed by atoms with Gasteiger partial charge in [0.1, 0.15) is 5.75 Å². The molecule has 16 heavy (non-hydrogen) atoms. The molecule has 0 fully saturated rings. The Bertz CT molecular complexity index is 300. The van der Waals surface area contributed by atoms with Crippen LogP contribution in [0.3, 0.4) is 0 Å². The fourth-order valence-electron chi connectivity index (χ4n) is 2.18. The quantitative estimate of drug-likeness (QED) is 0.786. The van der Waals surface area contributed by atoms with Gasteiger partial charge in [0.2, 0.25) is 0 Å². The van der Waals surface area contributed by atoms with E-state index in [2.05, 4.69) is 27.7 Å². The van der Waals surface area contributed by atoms with Crippen molar-refractivity contribution in [2.45, 2.75) is 40.5 Å². The van der Waals surface area contributed by atoms with Gasteiger partial charge < -0.3 is 5.11 Å². The van der Waals surface area contributed by atoms with Gasteiger partial charge in [-0.2, -0.15) is 0 Å². The SMILES string of the molecule is CCC(Cc1ccc(O)cc1)C(C)C(C)C. The summed E-state index contributed by atoms with van der Waals surface area (Å²) in [7, 11) is 0. The van der Waals surface area contributed by atoms with Crippen LogP contribution in [0.2, 0.25) is 0 Å². The number of benzene rings is 1. The molecule has 2 atom stereocenters. The molecule has 0 aliphatic rings. The monoisotopic (exact) mass is 220 g/mol. The van der Waals surface area contributed by atoms with Gasteiger partial charge >= 0.3 is 0 Å². The molecule has 90 valence electrons. The minimum absolute atomic E-state index is 0.355. The molecule has 0 amide bonds. The molecule has 0 aliphatic carbocycles. The Hall–Kier alpha value is -0.980. The van der Waals surface area contributed by atoms with Gasteiger partial charge in [0, 0.05) is 0 Å². The molecule has 0 aromatic heterocycles. The van der Waals surface area contributed by atoms with Crippen molar-refractivity contribution in [3.63, 3.8) is 0 Å². The van der Waals surface area contributed by atoms with Crippen LogP contribution in [0.25, 0.3) is 0 Å². The third-order valence-corrected chi connectivity index (χ3v) is 3.75. The van der Waals surface area contributed by atoms with Gasteiger partial charge in [0.25, 0.3) is 0 Å². The Morgan fingerprint density at radius 1 is 1.06 bits per heavy atom. The molecule has 1 N–H and O–H groups in total. The predicted molar refractivity (Wildman–Crippen MR) is 69.6 cm³/mol. The lowest BCUT2D eigenvalue weighted by Crippen LogP contribution is -2.18. The Balaban J connectivity index is 2.66. The second-order valence-electron chi connectivity index (χ2n) is 5.14. The number of phenols is 1. The maximum absolute atomic E-state index is 9.25. The normalized spacial score (nSPS) is 15.1. The Kier molecular flexibility index (Phi) is 4.85. The van der Waals surface area contributed by atoms with Crippen molar-refractivity contribution in [3.05, 3.63) is 29.8 Å². The first kappa shape index (κ1) is 13.1. The summed E-state index contributed by atoms with van der Waals surface area (Å²) in [6, 6.07) is 7.63. The third-order valence-electron chi connectivity index (χ3n) is 3.75. The van der Waals surface area contributed by atoms with Crippen LogP contribution in [0.5, 0.6) is 5.75 Å². The zero-order valence-corrected chi connectivity index (χ0v) is 10.9. The summed E-state index contributed by atoms with van der Waals surface area (Å²) in [6.45, 7) is 9.21. The standard InChI is InChI=1S/C15H24O/c1-5-14(12(4)11(2)3)10-13-6-8-15(16)9-7-13/h6-9,11-12,14,16H,5,10H2,1-4H3. The van der Waals surface area contributed by atoms with Crippen LogP contribution in [0.1, 0.15) is 39.7 Å². The van der Waals surface area contributed by atoms with Crippen molar-refractivity contribution < 1.29 is 5.11 Å². The van der Waals surface area contributed by atoms with Gasteiger partial charge in [-0.3, -0.25) is 0 Å². The first-order chi connectivity index (χ1) is 7.54. The molecule has 0 heterocycles. The lowest BCUT2D eigenvalue weighted by molar-refractivity contribution is 0.267. The average Bonchev–Trinajstić information content (AvgIpc) is 2.27. The fraction of sp³-hybridized carbons (Fsp3) is 0.600. The summed E-state index contributed by atoms with van der Waals surface area (Å²) >= 11 is 0. The number of phenolic OH excluding ortho intramolecular Hbond substituents is 1. The Labute approximate surface area is 99.5 Å². The highest BCUT2D eigenvalue weighted by Crippen LogP contribution is 2.27. The number of hydrogen-bond acceptors (Lipinski definition) is 1. The number of hydrogen-bond donors (Lipinski definition) is 1. The van der Waals surface area contributed by atoms with E-state index in [1.165, 1.54) is 12.0 Å². The molecule has 1 rings (SSSR count). The molecule has 0 radical (unpaired) electrons. The van der Waals surface area contributed by atoms with Gasteiger partial charge in [-0.05, 0) is 41.9 Å². The first-order valence-electron chi connectivity index (χ1n) is 6.32. The van der Waals surface area contributed by atoms with E-state index < -0.39 is 0 Å². The molecule has 0 saturated heterocycles. The molecule has 0 spiro atoms. The van der Waals surface area contributed by atoms with Crippen molar-refractivity contribution in [2.75, 3.05) is 0 Å². The lowest BCUT2D eigenvalue weighted by Gasteiger charge is -2.26. The maximum Gasteiger partial charge on any atom is 0.115 e. The lowest BCUT2D eigenvalue weighted by atomic mass is 9.80.